The van der Waals surface area contributed by atoms with E-state index in [1.54, 1.807) is 18.0 Å². The van der Waals surface area contributed by atoms with E-state index in [1.807, 2.05) is 26.0 Å². The third-order valence-electron chi connectivity index (χ3n) is 5.06. The number of hydrogen-bond donors (Lipinski definition) is 4. The number of nitrogens with two attached hydrogens (primary N) is 2. The van der Waals surface area contributed by atoms with Gasteiger partial charge in [-0.15, -0.1) is 0 Å². The molecule has 1 aromatic carbocycles. The summed E-state index contributed by atoms with van der Waals surface area (Å²) in [5.41, 5.74) is 13.4. The Morgan fingerprint density at radius 2 is 1.97 bits per heavy atom. The summed E-state index contributed by atoms with van der Waals surface area (Å²) in [7, 11) is 1.74. The minimum absolute atomic E-state index is 0.0324. The van der Waals surface area contributed by atoms with Gasteiger partial charge in [-0.2, -0.15) is 0 Å². The van der Waals surface area contributed by atoms with E-state index < -0.39 is 17.9 Å². The number of anilines is 4. The maximum Gasteiger partial charge on any atom is 0.271 e. The molecule has 31 heavy (non-hydrogen) atoms. The maximum absolute atomic E-state index is 11.9. The molecule has 2 heterocycles. The fourth-order valence-corrected chi connectivity index (χ4v) is 3.49. The number of amides is 3. The number of nitrogens with one attached hydrogen (secondary N) is 2. The van der Waals surface area contributed by atoms with E-state index in [2.05, 4.69) is 20.6 Å². The molecule has 6 N–H and O–H groups in total. The number of aryl methyl sites for hydroxylation is 1. The zero-order valence-corrected chi connectivity index (χ0v) is 17.8. The van der Waals surface area contributed by atoms with Crippen LogP contribution in [0.3, 0.4) is 0 Å². The van der Waals surface area contributed by atoms with Gasteiger partial charge in [0.25, 0.3) is 5.91 Å². The molecule has 2 aromatic rings. The molecule has 0 saturated heterocycles. The summed E-state index contributed by atoms with van der Waals surface area (Å²) in [6, 6.07) is 4.89. The summed E-state index contributed by atoms with van der Waals surface area (Å²) in [4.78, 5) is 45.6. The highest BCUT2D eigenvalue weighted by atomic mass is 16.2. The predicted octanol–water partition coefficient (Wildman–Crippen LogP) is 1.54. The third kappa shape index (κ3) is 5.08. The third-order valence-corrected chi connectivity index (χ3v) is 5.06. The summed E-state index contributed by atoms with van der Waals surface area (Å²) in [5.74, 6) is -0.485. The first-order valence-corrected chi connectivity index (χ1v) is 10.0. The van der Waals surface area contributed by atoms with Gasteiger partial charge in [0.05, 0.1) is 6.20 Å². The van der Waals surface area contributed by atoms with Crippen LogP contribution in [0.5, 0.6) is 0 Å². The molecular weight excluding hydrogens is 398 g/mol. The van der Waals surface area contributed by atoms with E-state index >= 15 is 0 Å². The number of nitrogens with zero attached hydrogens (tertiary/aromatic N) is 3. The van der Waals surface area contributed by atoms with Crippen molar-refractivity contribution in [2.24, 2.45) is 17.4 Å². The molecule has 3 rings (SSSR count). The van der Waals surface area contributed by atoms with Crippen LogP contribution in [0.25, 0.3) is 0 Å². The van der Waals surface area contributed by atoms with E-state index in [4.69, 9.17) is 11.5 Å². The van der Waals surface area contributed by atoms with Crippen LogP contribution in [-0.2, 0) is 16.0 Å². The largest absolute Gasteiger partial charge is 0.368 e. The van der Waals surface area contributed by atoms with E-state index in [0.29, 0.717) is 30.8 Å². The van der Waals surface area contributed by atoms with Crippen molar-refractivity contribution in [2.75, 3.05) is 22.6 Å². The number of rotatable bonds is 8. The van der Waals surface area contributed by atoms with Crippen molar-refractivity contribution in [1.29, 1.82) is 0 Å². The molecule has 0 spiro atoms. The van der Waals surface area contributed by atoms with Crippen molar-refractivity contribution < 1.29 is 14.4 Å². The Labute approximate surface area is 180 Å². The first kappa shape index (κ1) is 22.0. The summed E-state index contributed by atoms with van der Waals surface area (Å²) in [6.07, 6.45) is 2.92. The Balaban J connectivity index is 1.89. The van der Waals surface area contributed by atoms with Crippen molar-refractivity contribution in [3.63, 3.8) is 0 Å². The van der Waals surface area contributed by atoms with Crippen LogP contribution in [0, 0.1) is 5.92 Å². The topological polar surface area (TPSA) is 156 Å². The van der Waals surface area contributed by atoms with Gasteiger partial charge >= 0.3 is 0 Å². The van der Waals surface area contributed by atoms with Crippen molar-refractivity contribution in [3.05, 3.63) is 35.7 Å². The second-order valence-electron chi connectivity index (χ2n) is 7.97. The van der Waals surface area contributed by atoms with Crippen LogP contribution in [0.4, 0.5) is 23.0 Å². The highest BCUT2D eigenvalue weighted by molar-refractivity contribution is 5.97. The van der Waals surface area contributed by atoms with Gasteiger partial charge in [0.15, 0.2) is 11.5 Å². The molecule has 164 valence electrons. The molecular formula is C21H27N7O3. The molecule has 0 unspecified atom stereocenters. The maximum atomic E-state index is 11.9. The molecule has 0 radical (unpaired) electrons. The van der Waals surface area contributed by atoms with Gasteiger partial charge in [0.2, 0.25) is 11.8 Å². The van der Waals surface area contributed by atoms with Crippen molar-refractivity contribution in [2.45, 2.75) is 39.2 Å². The average Bonchev–Trinajstić information content (AvgIpc) is 2.70. The van der Waals surface area contributed by atoms with Crippen molar-refractivity contribution in [1.82, 2.24) is 9.97 Å². The zero-order valence-electron chi connectivity index (χ0n) is 17.8. The van der Waals surface area contributed by atoms with Gasteiger partial charge in [0.1, 0.15) is 11.9 Å². The number of carbonyl (C=O) groups excluding carboxylic acids is 3. The van der Waals surface area contributed by atoms with Gasteiger partial charge in [-0.3, -0.25) is 14.4 Å². The van der Waals surface area contributed by atoms with Gasteiger partial charge < -0.3 is 27.0 Å². The van der Waals surface area contributed by atoms with Crippen LogP contribution < -0.4 is 27.0 Å². The molecule has 0 saturated carbocycles. The predicted molar refractivity (Wildman–Crippen MR) is 118 cm³/mol. The van der Waals surface area contributed by atoms with E-state index in [9.17, 15) is 14.4 Å². The summed E-state index contributed by atoms with van der Waals surface area (Å²) in [5, 5.41) is 6.06. The number of benzene rings is 1. The molecule has 10 nitrogen and oxygen atoms in total. The molecule has 0 bridgehead atoms. The molecule has 1 atom stereocenters. The van der Waals surface area contributed by atoms with Crippen LogP contribution in [0.1, 0.15) is 42.7 Å². The SMILES string of the molecule is CC(C)C[C@@H](Nc1cnc(C(N)=O)c(Nc2ccc3c(c2)CCC(=O)N3C)n1)C(N)=O. The number of primary amides is 2. The monoisotopic (exact) mass is 425 g/mol. The summed E-state index contributed by atoms with van der Waals surface area (Å²) in [6.45, 7) is 3.96. The van der Waals surface area contributed by atoms with Crippen molar-refractivity contribution in [3.8, 4) is 0 Å². The van der Waals surface area contributed by atoms with E-state index in [0.717, 1.165) is 11.3 Å². The fraction of sp³-hybridized carbons (Fsp3) is 0.381. The normalized spacial score (nSPS) is 14.2. The smallest absolute Gasteiger partial charge is 0.271 e. The Morgan fingerprint density at radius 1 is 1.23 bits per heavy atom. The Bertz CT molecular complexity index is 1020. The Hall–Kier alpha value is -3.69. The Morgan fingerprint density at radius 3 is 2.61 bits per heavy atom. The first-order valence-electron chi connectivity index (χ1n) is 10.0. The second kappa shape index (κ2) is 8.99. The van der Waals surface area contributed by atoms with Gasteiger partial charge in [-0.1, -0.05) is 13.8 Å². The average molecular weight is 425 g/mol. The number of aromatic nitrogens is 2. The minimum Gasteiger partial charge on any atom is -0.368 e. The number of hydrogen-bond acceptors (Lipinski definition) is 7. The molecule has 1 aromatic heterocycles. The molecule has 10 heteroatoms. The van der Waals surface area contributed by atoms with E-state index in [1.165, 1.54) is 6.20 Å². The lowest BCUT2D eigenvalue weighted by atomic mass is 10.0. The highest BCUT2D eigenvalue weighted by Crippen LogP contribution is 2.30. The second-order valence-corrected chi connectivity index (χ2v) is 7.97. The summed E-state index contributed by atoms with van der Waals surface area (Å²) >= 11 is 0. The molecule has 1 aliphatic rings. The molecule has 0 aliphatic carbocycles. The molecule has 3 amide bonds. The van der Waals surface area contributed by atoms with Crippen molar-refractivity contribution >= 4 is 40.7 Å². The molecule has 0 fully saturated rings. The van der Waals surface area contributed by atoms with Gasteiger partial charge in [-0.05, 0) is 42.5 Å². The first-order chi connectivity index (χ1) is 14.7. The number of fused-ring (bicyclic) bond motifs is 1. The lowest BCUT2D eigenvalue weighted by Crippen LogP contribution is -2.37. The lowest BCUT2D eigenvalue weighted by molar-refractivity contribution is -0.119. The standard InChI is InChI=1S/C21H27N7O3/c1-11(2)8-14(19(22)30)26-16-10-24-18(20(23)31)21(27-16)25-13-5-6-15-12(9-13)4-7-17(29)28(15)3/h5-6,9-11,14H,4,7-8H2,1-3H3,(H2,22,30)(H2,23,31)(H2,25,26,27)/t14-/m1/s1. The fourth-order valence-electron chi connectivity index (χ4n) is 3.49. The van der Waals surface area contributed by atoms with Gasteiger partial charge in [-0.25, -0.2) is 9.97 Å². The van der Waals surface area contributed by atoms with Crippen LogP contribution in [0.2, 0.25) is 0 Å². The minimum atomic E-state index is -0.738. The summed E-state index contributed by atoms with van der Waals surface area (Å²) < 4.78 is 0. The number of carbonyl (C=O) groups is 3. The van der Waals surface area contributed by atoms with Crippen LogP contribution in [-0.4, -0.2) is 40.8 Å². The zero-order chi connectivity index (χ0) is 22.7. The Kier molecular flexibility index (Phi) is 6.38. The lowest BCUT2D eigenvalue weighted by Gasteiger charge is -2.26. The van der Waals surface area contributed by atoms with Gasteiger partial charge in [0, 0.05) is 24.8 Å². The van der Waals surface area contributed by atoms with E-state index in [-0.39, 0.29) is 23.3 Å². The molecule has 1 aliphatic heterocycles. The van der Waals surface area contributed by atoms with Crippen LogP contribution >= 0.6 is 0 Å². The highest BCUT2D eigenvalue weighted by Gasteiger charge is 2.22. The quantitative estimate of drug-likeness (QED) is 0.500. The van der Waals surface area contributed by atoms with Crippen LogP contribution in [0.15, 0.2) is 24.4 Å².